The molecule has 0 saturated heterocycles. The predicted molar refractivity (Wildman–Crippen MR) is 58.5 cm³/mol. The van der Waals surface area contributed by atoms with Crippen LogP contribution in [0.25, 0.3) is 0 Å². The molecule has 4 heteroatoms. The molecular weight excluding hydrogens is 192 g/mol. The number of hydrogen-bond acceptors (Lipinski definition) is 4. The quantitative estimate of drug-likeness (QED) is 0.720. The summed E-state index contributed by atoms with van der Waals surface area (Å²) in [4.78, 5) is 3.98. The van der Waals surface area contributed by atoms with E-state index in [0.717, 1.165) is 0 Å². The summed E-state index contributed by atoms with van der Waals surface area (Å²) in [6.07, 6.45) is 3.38. The van der Waals surface area contributed by atoms with Gasteiger partial charge in [-0.2, -0.15) is 0 Å². The van der Waals surface area contributed by atoms with Crippen LogP contribution in [0.3, 0.4) is 0 Å². The van der Waals surface area contributed by atoms with E-state index in [4.69, 9.17) is 9.47 Å². The van der Waals surface area contributed by atoms with E-state index in [1.54, 1.807) is 26.6 Å². The third kappa shape index (κ3) is 3.95. The summed E-state index contributed by atoms with van der Waals surface area (Å²) in [7, 11) is 3.26. The molecule has 0 bridgehead atoms. The summed E-state index contributed by atoms with van der Waals surface area (Å²) < 4.78 is 10.2. The molecule has 1 N–H and O–H groups in total. The van der Waals surface area contributed by atoms with Crippen LogP contribution in [-0.4, -0.2) is 32.0 Å². The van der Waals surface area contributed by atoms with Crippen LogP contribution in [0.2, 0.25) is 0 Å². The Morgan fingerprint density at radius 3 is 2.40 bits per heavy atom. The van der Waals surface area contributed by atoms with Crippen molar-refractivity contribution in [2.24, 2.45) is 0 Å². The van der Waals surface area contributed by atoms with Gasteiger partial charge in [-0.15, -0.1) is 0 Å². The zero-order valence-electron chi connectivity index (χ0n) is 9.43. The highest BCUT2D eigenvalue weighted by molar-refractivity contribution is 5.13. The SMILES string of the molecule is COC(CNC(C)c1ccncc1)OC. The van der Waals surface area contributed by atoms with Crippen LogP contribution in [0.5, 0.6) is 0 Å². The molecule has 1 atom stereocenters. The number of hydrogen-bond donors (Lipinski definition) is 1. The van der Waals surface area contributed by atoms with E-state index in [9.17, 15) is 0 Å². The topological polar surface area (TPSA) is 43.4 Å². The minimum Gasteiger partial charge on any atom is -0.355 e. The Labute approximate surface area is 90.6 Å². The van der Waals surface area contributed by atoms with Gasteiger partial charge in [0.25, 0.3) is 0 Å². The van der Waals surface area contributed by atoms with Crippen molar-refractivity contribution in [3.8, 4) is 0 Å². The largest absolute Gasteiger partial charge is 0.355 e. The van der Waals surface area contributed by atoms with Crippen LogP contribution in [-0.2, 0) is 9.47 Å². The molecule has 0 aliphatic rings. The van der Waals surface area contributed by atoms with E-state index in [2.05, 4.69) is 17.2 Å². The number of rotatable bonds is 6. The number of aromatic nitrogens is 1. The van der Waals surface area contributed by atoms with E-state index in [1.165, 1.54) is 5.56 Å². The highest BCUT2D eigenvalue weighted by Gasteiger charge is 2.08. The Kier molecular flexibility index (Phi) is 5.25. The average molecular weight is 210 g/mol. The summed E-state index contributed by atoms with van der Waals surface area (Å²) in [5.74, 6) is 0. The molecule has 1 aromatic rings. The van der Waals surface area contributed by atoms with Crippen molar-refractivity contribution in [2.75, 3.05) is 20.8 Å². The van der Waals surface area contributed by atoms with Crippen LogP contribution < -0.4 is 5.32 Å². The van der Waals surface area contributed by atoms with E-state index in [0.29, 0.717) is 6.54 Å². The predicted octanol–water partition coefficient (Wildman–Crippen LogP) is 1.35. The van der Waals surface area contributed by atoms with Gasteiger partial charge in [-0.3, -0.25) is 4.98 Å². The lowest BCUT2D eigenvalue weighted by molar-refractivity contribution is -0.0997. The van der Waals surface area contributed by atoms with Crippen molar-refractivity contribution in [2.45, 2.75) is 19.3 Å². The fourth-order valence-corrected chi connectivity index (χ4v) is 1.31. The number of nitrogens with one attached hydrogen (secondary N) is 1. The Hall–Kier alpha value is -0.970. The molecule has 0 amide bonds. The molecule has 84 valence electrons. The molecule has 1 rings (SSSR count). The van der Waals surface area contributed by atoms with Gasteiger partial charge in [0, 0.05) is 39.2 Å². The van der Waals surface area contributed by atoms with Crippen molar-refractivity contribution in [3.05, 3.63) is 30.1 Å². The first kappa shape index (κ1) is 12.1. The van der Waals surface area contributed by atoms with E-state index < -0.39 is 0 Å². The highest BCUT2D eigenvalue weighted by atomic mass is 16.7. The van der Waals surface area contributed by atoms with Crippen molar-refractivity contribution in [1.29, 1.82) is 0 Å². The van der Waals surface area contributed by atoms with Gasteiger partial charge < -0.3 is 14.8 Å². The molecule has 1 aromatic heterocycles. The maximum Gasteiger partial charge on any atom is 0.169 e. The fourth-order valence-electron chi connectivity index (χ4n) is 1.31. The van der Waals surface area contributed by atoms with Crippen LogP contribution in [0.1, 0.15) is 18.5 Å². The maximum absolute atomic E-state index is 5.09. The van der Waals surface area contributed by atoms with Crippen molar-refractivity contribution >= 4 is 0 Å². The Bertz CT molecular complexity index is 263. The lowest BCUT2D eigenvalue weighted by Gasteiger charge is -2.18. The first-order chi connectivity index (χ1) is 7.27. The Morgan fingerprint density at radius 1 is 1.27 bits per heavy atom. The van der Waals surface area contributed by atoms with Gasteiger partial charge in [-0.05, 0) is 24.6 Å². The fraction of sp³-hybridized carbons (Fsp3) is 0.545. The first-order valence-corrected chi connectivity index (χ1v) is 4.96. The number of pyridine rings is 1. The standard InChI is InChI=1S/C11H18N2O2/c1-9(10-4-6-12-7-5-10)13-8-11(14-2)15-3/h4-7,9,11,13H,8H2,1-3H3. The molecule has 4 nitrogen and oxygen atoms in total. The van der Waals surface area contributed by atoms with Gasteiger partial charge in [-0.25, -0.2) is 0 Å². The zero-order chi connectivity index (χ0) is 11.1. The molecule has 0 aliphatic heterocycles. The molecule has 0 aliphatic carbocycles. The van der Waals surface area contributed by atoms with E-state index in [1.807, 2.05) is 12.1 Å². The minimum atomic E-state index is -0.200. The van der Waals surface area contributed by atoms with Gasteiger partial charge in [0.1, 0.15) is 0 Å². The van der Waals surface area contributed by atoms with Crippen molar-refractivity contribution in [1.82, 2.24) is 10.3 Å². The van der Waals surface area contributed by atoms with Gasteiger partial charge in [-0.1, -0.05) is 0 Å². The van der Waals surface area contributed by atoms with Crippen molar-refractivity contribution < 1.29 is 9.47 Å². The Morgan fingerprint density at radius 2 is 1.87 bits per heavy atom. The van der Waals surface area contributed by atoms with E-state index >= 15 is 0 Å². The lowest BCUT2D eigenvalue weighted by Crippen LogP contribution is -2.31. The number of nitrogens with zero attached hydrogens (tertiary/aromatic N) is 1. The number of methoxy groups -OCH3 is 2. The highest BCUT2D eigenvalue weighted by Crippen LogP contribution is 2.09. The average Bonchev–Trinajstić information content (AvgIpc) is 2.31. The van der Waals surface area contributed by atoms with Crippen molar-refractivity contribution in [3.63, 3.8) is 0 Å². The Balaban J connectivity index is 2.39. The third-order valence-electron chi connectivity index (χ3n) is 2.32. The smallest absolute Gasteiger partial charge is 0.169 e. The summed E-state index contributed by atoms with van der Waals surface area (Å²) in [5, 5.41) is 3.32. The third-order valence-corrected chi connectivity index (χ3v) is 2.32. The van der Waals surface area contributed by atoms with Crippen LogP contribution in [0, 0.1) is 0 Å². The van der Waals surface area contributed by atoms with E-state index in [-0.39, 0.29) is 12.3 Å². The second-order valence-corrected chi connectivity index (χ2v) is 3.31. The summed E-state index contributed by atoms with van der Waals surface area (Å²) in [6, 6.07) is 4.25. The van der Waals surface area contributed by atoms with Crippen LogP contribution in [0.15, 0.2) is 24.5 Å². The van der Waals surface area contributed by atoms with Crippen LogP contribution >= 0.6 is 0 Å². The first-order valence-electron chi connectivity index (χ1n) is 4.96. The summed E-state index contributed by atoms with van der Waals surface area (Å²) in [5.41, 5.74) is 1.20. The second-order valence-electron chi connectivity index (χ2n) is 3.31. The molecule has 0 aromatic carbocycles. The summed E-state index contributed by atoms with van der Waals surface area (Å²) >= 11 is 0. The van der Waals surface area contributed by atoms with Crippen LogP contribution in [0.4, 0.5) is 0 Å². The second kappa shape index (κ2) is 6.50. The molecule has 1 unspecified atom stereocenters. The molecule has 0 fully saturated rings. The zero-order valence-corrected chi connectivity index (χ0v) is 9.43. The van der Waals surface area contributed by atoms with Gasteiger partial charge in [0.15, 0.2) is 6.29 Å². The maximum atomic E-state index is 5.09. The lowest BCUT2D eigenvalue weighted by atomic mass is 10.1. The molecular formula is C11H18N2O2. The molecule has 0 spiro atoms. The molecule has 1 heterocycles. The molecule has 0 saturated carbocycles. The summed E-state index contributed by atoms with van der Waals surface area (Å²) in [6.45, 7) is 2.76. The molecule has 15 heavy (non-hydrogen) atoms. The molecule has 0 radical (unpaired) electrons. The van der Waals surface area contributed by atoms with Gasteiger partial charge in [0.05, 0.1) is 0 Å². The number of ether oxygens (including phenoxy) is 2. The van der Waals surface area contributed by atoms with Gasteiger partial charge >= 0.3 is 0 Å². The minimum absolute atomic E-state index is 0.200. The monoisotopic (exact) mass is 210 g/mol. The normalized spacial score (nSPS) is 13.1. The van der Waals surface area contributed by atoms with Gasteiger partial charge in [0.2, 0.25) is 0 Å².